The highest BCUT2D eigenvalue weighted by Crippen LogP contribution is 2.41. The average molecular weight is 574 g/mol. The molecule has 0 heterocycles. The van der Waals surface area contributed by atoms with Gasteiger partial charge >= 0.3 is 6.16 Å². The molecule has 0 saturated heterocycles. The maximum Gasteiger partial charge on any atom is 0.519 e. The van der Waals surface area contributed by atoms with Gasteiger partial charge in [-0.05, 0) is 54.8 Å². The lowest BCUT2D eigenvalue weighted by molar-refractivity contribution is -0.385. The van der Waals surface area contributed by atoms with Crippen molar-refractivity contribution < 1.29 is 24.1 Å². The van der Waals surface area contributed by atoms with Gasteiger partial charge in [-0.3, -0.25) is 20.2 Å². The molecule has 0 fully saturated rings. The van der Waals surface area contributed by atoms with E-state index < -0.39 is 26.8 Å². The van der Waals surface area contributed by atoms with Crippen LogP contribution < -0.4 is 9.47 Å². The molecule has 2 aromatic rings. The van der Waals surface area contributed by atoms with Gasteiger partial charge in [-0.1, -0.05) is 41.5 Å². The number of nitro groups is 2. The maximum absolute atomic E-state index is 12.7. The van der Waals surface area contributed by atoms with Crippen LogP contribution in [-0.4, -0.2) is 16.0 Å². The molecule has 172 valence electrons. The number of hydrogen-bond acceptors (Lipinski definition) is 7. The first-order chi connectivity index (χ1) is 14.5. The van der Waals surface area contributed by atoms with Crippen LogP contribution in [0.5, 0.6) is 11.5 Å². The molecule has 11 heteroatoms. The Morgan fingerprint density at radius 3 is 1.31 bits per heavy atom. The van der Waals surface area contributed by atoms with Gasteiger partial charge in [-0.15, -0.1) is 0 Å². The fourth-order valence-electron chi connectivity index (χ4n) is 2.91. The first-order valence-electron chi connectivity index (χ1n) is 9.39. The third-order valence-electron chi connectivity index (χ3n) is 4.49. The van der Waals surface area contributed by atoms with Crippen LogP contribution in [0.3, 0.4) is 0 Å². The molecule has 0 spiro atoms. The van der Waals surface area contributed by atoms with Crippen LogP contribution in [0.4, 0.5) is 16.2 Å². The van der Waals surface area contributed by atoms with Crippen molar-refractivity contribution >= 4 is 49.4 Å². The minimum absolute atomic E-state index is 0.0404. The van der Waals surface area contributed by atoms with Gasteiger partial charge in [0.25, 0.3) is 11.4 Å². The molecule has 2 aromatic carbocycles. The van der Waals surface area contributed by atoms with Crippen LogP contribution >= 0.6 is 31.9 Å². The third-order valence-corrected chi connectivity index (χ3v) is 5.76. The summed E-state index contributed by atoms with van der Waals surface area (Å²) in [5.41, 5.74) is -0.527. The summed E-state index contributed by atoms with van der Waals surface area (Å²) in [6.45, 7) is 11.1. The summed E-state index contributed by atoms with van der Waals surface area (Å²) >= 11 is 6.34. The Bertz CT molecular complexity index is 1020. The van der Waals surface area contributed by atoms with E-state index in [1.165, 1.54) is 12.1 Å². The topological polar surface area (TPSA) is 122 Å². The summed E-state index contributed by atoms with van der Waals surface area (Å²) in [5, 5.41) is 22.7. The zero-order valence-corrected chi connectivity index (χ0v) is 21.5. The summed E-state index contributed by atoms with van der Waals surface area (Å²) < 4.78 is 11.2. The van der Waals surface area contributed by atoms with Gasteiger partial charge in [-0.25, -0.2) is 4.79 Å². The molecule has 0 radical (unpaired) electrons. The Hall–Kier alpha value is -2.53. The van der Waals surface area contributed by atoms with Crippen molar-refractivity contribution in [1.29, 1.82) is 0 Å². The van der Waals surface area contributed by atoms with E-state index in [9.17, 15) is 25.0 Å². The Morgan fingerprint density at radius 1 is 0.750 bits per heavy atom. The largest absolute Gasteiger partial charge is 0.519 e. The van der Waals surface area contributed by atoms with Crippen molar-refractivity contribution in [2.24, 2.45) is 0 Å². The molecule has 2 rings (SSSR count). The molecule has 0 saturated carbocycles. The summed E-state index contributed by atoms with van der Waals surface area (Å²) in [5.74, 6) is -0.0809. The van der Waals surface area contributed by atoms with Gasteiger partial charge in [0.15, 0.2) is 0 Å². The van der Waals surface area contributed by atoms with Crippen molar-refractivity contribution in [3.63, 3.8) is 0 Å². The summed E-state index contributed by atoms with van der Waals surface area (Å²) in [7, 11) is 0. The molecule has 0 aliphatic heterocycles. The highest BCUT2D eigenvalue weighted by Gasteiger charge is 2.29. The van der Waals surface area contributed by atoms with E-state index in [-0.39, 0.29) is 31.8 Å². The fraction of sp³-hybridized carbons (Fsp3) is 0.381. The molecular formula is C21H22Br2N2O7. The minimum Gasteiger partial charge on any atom is -0.394 e. The predicted octanol–water partition coefficient (Wildman–Crippen LogP) is 7.20. The fourth-order valence-corrected chi connectivity index (χ4v) is 3.88. The van der Waals surface area contributed by atoms with E-state index in [1.54, 1.807) is 0 Å². The number of carbonyl (C=O) groups excluding carboxylic acids is 1. The van der Waals surface area contributed by atoms with E-state index in [4.69, 9.17) is 9.47 Å². The van der Waals surface area contributed by atoms with Crippen LogP contribution in [0, 0.1) is 20.2 Å². The smallest absolute Gasteiger partial charge is 0.394 e. The van der Waals surface area contributed by atoms with Crippen molar-refractivity contribution in [2.45, 2.75) is 52.4 Å². The third kappa shape index (κ3) is 5.83. The number of ether oxygens (including phenoxy) is 2. The van der Waals surface area contributed by atoms with Gasteiger partial charge in [-0.2, -0.15) is 0 Å². The molecule has 9 nitrogen and oxygen atoms in total. The quantitative estimate of drug-likeness (QED) is 0.164. The monoisotopic (exact) mass is 572 g/mol. The van der Waals surface area contributed by atoms with Crippen LogP contribution in [0.2, 0.25) is 0 Å². The molecule has 32 heavy (non-hydrogen) atoms. The highest BCUT2D eigenvalue weighted by molar-refractivity contribution is 9.11. The number of benzene rings is 2. The number of halogens is 2. The molecule has 0 N–H and O–H groups in total. The second kappa shape index (κ2) is 9.14. The molecular weight excluding hydrogens is 552 g/mol. The number of nitro benzene ring substituents is 2. The van der Waals surface area contributed by atoms with E-state index in [2.05, 4.69) is 31.9 Å². The average Bonchev–Trinajstić information content (AvgIpc) is 2.61. The van der Waals surface area contributed by atoms with Gasteiger partial charge in [0, 0.05) is 11.1 Å². The van der Waals surface area contributed by atoms with E-state index in [0.29, 0.717) is 11.1 Å². The van der Waals surface area contributed by atoms with Crippen LogP contribution in [0.15, 0.2) is 33.2 Å². The minimum atomic E-state index is -1.17. The first-order valence-corrected chi connectivity index (χ1v) is 11.0. The van der Waals surface area contributed by atoms with Crippen LogP contribution in [-0.2, 0) is 10.8 Å². The highest BCUT2D eigenvalue weighted by atomic mass is 79.9. The van der Waals surface area contributed by atoms with Crippen molar-refractivity contribution in [3.05, 3.63) is 64.6 Å². The molecule has 0 unspecified atom stereocenters. The van der Waals surface area contributed by atoms with E-state index in [1.807, 2.05) is 41.5 Å². The molecule has 0 bridgehead atoms. The number of carbonyl (C=O) groups is 1. The summed E-state index contributed by atoms with van der Waals surface area (Å²) in [6, 6.07) is 5.32. The first kappa shape index (κ1) is 25.7. The molecule has 0 aliphatic rings. The van der Waals surface area contributed by atoms with Gasteiger partial charge < -0.3 is 9.47 Å². The second-order valence-corrected chi connectivity index (χ2v) is 10.8. The number of hydrogen-bond donors (Lipinski definition) is 0. The van der Waals surface area contributed by atoms with Crippen LogP contribution in [0.25, 0.3) is 0 Å². The second-order valence-electron chi connectivity index (χ2n) is 9.07. The van der Waals surface area contributed by atoms with Crippen molar-refractivity contribution in [2.75, 3.05) is 0 Å². The molecule has 0 amide bonds. The van der Waals surface area contributed by atoms with Crippen molar-refractivity contribution in [3.8, 4) is 11.5 Å². The Labute approximate surface area is 201 Å². The SMILES string of the molecule is CC(C)(C)c1cc(Br)c([N+](=O)[O-])cc1OC(=O)Oc1cc([N+](=O)[O-])c(Br)cc1C(C)(C)C. The van der Waals surface area contributed by atoms with Gasteiger partial charge in [0.2, 0.25) is 0 Å². The molecule has 0 aliphatic carbocycles. The Morgan fingerprint density at radius 2 is 1.06 bits per heavy atom. The Kier molecular flexibility index (Phi) is 7.35. The lowest BCUT2D eigenvalue weighted by Crippen LogP contribution is -2.21. The van der Waals surface area contributed by atoms with Gasteiger partial charge in [0.1, 0.15) is 11.5 Å². The maximum atomic E-state index is 12.7. The normalized spacial score (nSPS) is 11.8. The number of rotatable bonds is 4. The summed E-state index contributed by atoms with van der Waals surface area (Å²) in [4.78, 5) is 34.1. The van der Waals surface area contributed by atoms with E-state index in [0.717, 1.165) is 12.1 Å². The zero-order valence-electron chi connectivity index (χ0n) is 18.3. The standard InChI is InChI=1S/C21H22Br2N2O7/c1-20(2,3)11-7-13(22)15(24(27)28)9-17(11)31-19(26)32-18-10-16(25(29)30)14(23)8-12(18)21(4,5)6/h7-10H,1-6H3. The number of nitrogens with zero attached hydrogens (tertiary/aromatic N) is 2. The van der Waals surface area contributed by atoms with Gasteiger partial charge in [0.05, 0.1) is 30.9 Å². The lowest BCUT2D eigenvalue weighted by atomic mass is 9.86. The van der Waals surface area contributed by atoms with Crippen LogP contribution in [0.1, 0.15) is 52.7 Å². The Balaban J connectivity index is 2.52. The molecule has 0 atom stereocenters. The predicted molar refractivity (Wildman–Crippen MR) is 126 cm³/mol. The lowest BCUT2D eigenvalue weighted by Gasteiger charge is -2.24. The van der Waals surface area contributed by atoms with Crippen molar-refractivity contribution in [1.82, 2.24) is 0 Å². The van der Waals surface area contributed by atoms with E-state index >= 15 is 0 Å². The molecule has 0 aromatic heterocycles. The zero-order chi connectivity index (χ0) is 24.6. The summed E-state index contributed by atoms with van der Waals surface area (Å²) in [6.07, 6.45) is -1.17.